The van der Waals surface area contributed by atoms with E-state index in [0.717, 1.165) is 22.8 Å². The van der Waals surface area contributed by atoms with Gasteiger partial charge in [0.05, 0.1) is 12.2 Å². The third-order valence-electron chi connectivity index (χ3n) is 4.68. The predicted octanol–water partition coefficient (Wildman–Crippen LogP) is 3.97. The van der Waals surface area contributed by atoms with Crippen LogP contribution in [0.3, 0.4) is 0 Å². The zero-order chi connectivity index (χ0) is 20.9. The SMILES string of the molecule is Cc1ccc(-c2nc(CNc3ccc(C(=O)NO)cc3)n(-c3ccccc3)n2)cc1. The Morgan fingerprint density at radius 1 is 0.967 bits per heavy atom. The lowest BCUT2D eigenvalue weighted by Gasteiger charge is -2.08. The highest BCUT2D eigenvalue weighted by Crippen LogP contribution is 2.20. The van der Waals surface area contributed by atoms with Crippen LogP contribution in [0.1, 0.15) is 21.7 Å². The summed E-state index contributed by atoms with van der Waals surface area (Å²) < 4.78 is 1.83. The minimum absolute atomic E-state index is 0.372. The van der Waals surface area contributed by atoms with Crippen LogP contribution in [0.2, 0.25) is 0 Å². The number of carbonyl (C=O) groups excluding carboxylic acids is 1. The third-order valence-corrected chi connectivity index (χ3v) is 4.68. The lowest BCUT2D eigenvalue weighted by molar-refractivity contribution is 0.0706. The zero-order valence-corrected chi connectivity index (χ0v) is 16.4. The molecule has 0 atom stereocenters. The fourth-order valence-electron chi connectivity index (χ4n) is 3.04. The number of amides is 1. The molecule has 0 saturated carbocycles. The molecule has 0 aliphatic heterocycles. The van der Waals surface area contributed by atoms with E-state index in [1.54, 1.807) is 29.7 Å². The Bertz CT molecular complexity index is 1140. The van der Waals surface area contributed by atoms with Crippen LogP contribution < -0.4 is 10.8 Å². The van der Waals surface area contributed by atoms with Crippen LogP contribution in [-0.4, -0.2) is 25.9 Å². The van der Waals surface area contributed by atoms with Crippen LogP contribution in [0.15, 0.2) is 78.9 Å². The first-order chi connectivity index (χ1) is 14.6. The number of carbonyl (C=O) groups is 1. The van der Waals surface area contributed by atoms with E-state index in [1.807, 2.05) is 66.2 Å². The normalized spacial score (nSPS) is 10.6. The van der Waals surface area contributed by atoms with Crippen LogP contribution in [0.25, 0.3) is 17.1 Å². The first-order valence-corrected chi connectivity index (χ1v) is 9.51. The summed E-state index contributed by atoms with van der Waals surface area (Å²) in [4.78, 5) is 16.2. The number of nitrogens with zero attached hydrogens (tertiary/aromatic N) is 3. The van der Waals surface area contributed by atoms with E-state index in [4.69, 9.17) is 15.3 Å². The Morgan fingerprint density at radius 3 is 2.33 bits per heavy atom. The molecule has 150 valence electrons. The number of anilines is 1. The quantitative estimate of drug-likeness (QED) is 0.337. The summed E-state index contributed by atoms with van der Waals surface area (Å²) in [6.45, 7) is 2.49. The van der Waals surface area contributed by atoms with E-state index in [-0.39, 0.29) is 0 Å². The smallest absolute Gasteiger partial charge is 0.274 e. The molecule has 0 aliphatic carbocycles. The first-order valence-electron chi connectivity index (χ1n) is 9.51. The van der Waals surface area contributed by atoms with E-state index >= 15 is 0 Å². The highest BCUT2D eigenvalue weighted by Gasteiger charge is 2.13. The van der Waals surface area contributed by atoms with Crippen molar-refractivity contribution in [2.45, 2.75) is 13.5 Å². The molecule has 0 bridgehead atoms. The van der Waals surface area contributed by atoms with E-state index < -0.39 is 5.91 Å². The molecular formula is C23H21N5O2. The molecule has 30 heavy (non-hydrogen) atoms. The van der Waals surface area contributed by atoms with Gasteiger partial charge in [-0.1, -0.05) is 48.0 Å². The van der Waals surface area contributed by atoms with Crippen molar-refractivity contribution in [3.05, 3.63) is 95.8 Å². The maximum absolute atomic E-state index is 11.5. The van der Waals surface area contributed by atoms with Crippen LogP contribution >= 0.6 is 0 Å². The summed E-state index contributed by atoms with van der Waals surface area (Å²) in [6, 6.07) is 24.8. The molecule has 3 aromatic carbocycles. The van der Waals surface area contributed by atoms with Crippen molar-refractivity contribution in [3.63, 3.8) is 0 Å². The number of hydrogen-bond acceptors (Lipinski definition) is 5. The van der Waals surface area contributed by atoms with Crippen LogP contribution in [0, 0.1) is 6.92 Å². The number of benzene rings is 3. The van der Waals surface area contributed by atoms with Gasteiger partial charge in [0.15, 0.2) is 11.6 Å². The van der Waals surface area contributed by atoms with Gasteiger partial charge in [0, 0.05) is 16.8 Å². The van der Waals surface area contributed by atoms with Gasteiger partial charge >= 0.3 is 0 Å². The van der Waals surface area contributed by atoms with Gasteiger partial charge in [0.2, 0.25) is 0 Å². The third kappa shape index (κ3) is 4.21. The van der Waals surface area contributed by atoms with Crippen molar-refractivity contribution in [1.29, 1.82) is 0 Å². The largest absolute Gasteiger partial charge is 0.378 e. The fourth-order valence-corrected chi connectivity index (χ4v) is 3.04. The number of nitrogens with one attached hydrogen (secondary N) is 2. The van der Waals surface area contributed by atoms with Gasteiger partial charge in [-0.3, -0.25) is 10.0 Å². The molecule has 1 amide bonds. The van der Waals surface area contributed by atoms with Gasteiger partial charge in [-0.05, 0) is 43.3 Å². The molecule has 0 spiro atoms. The second-order valence-corrected chi connectivity index (χ2v) is 6.84. The van der Waals surface area contributed by atoms with Gasteiger partial charge in [-0.25, -0.2) is 15.1 Å². The molecule has 1 heterocycles. The zero-order valence-electron chi connectivity index (χ0n) is 16.4. The molecule has 3 N–H and O–H groups in total. The number of rotatable bonds is 6. The molecule has 0 aliphatic rings. The summed E-state index contributed by atoms with van der Waals surface area (Å²) in [5, 5.41) is 16.8. The molecule has 7 nitrogen and oxygen atoms in total. The summed E-state index contributed by atoms with van der Waals surface area (Å²) in [5.74, 6) is 0.868. The van der Waals surface area contributed by atoms with Gasteiger partial charge in [0.25, 0.3) is 5.91 Å². The molecule has 0 saturated heterocycles. The summed E-state index contributed by atoms with van der Waals surface area (Å²) >= 11 is 0. The van der Waals surface area contributed by atoms with E-state index in [0.29, 0.717) is 17.9 Å². The predicted molar refractivity (Wildman–Crippen MR) is 115 cm³/mol. The Morgan fingerprint density at radius 2 is 1.67 bits per heavy atom. The Hall–Kier alpha value is -3.97. The molecule has 4 aromatic rings. The first kappa shape index (κ1) is 19.4. The number of aromatic nitrogens is 3. The van der Waals surface area contributed by atoms with Gasteiger partial charge in [-0.2, -0.15) is 0 Å². The Balaban J connectivity index is 1.61. The molecule has 1 aromatic heterocycles. The fraction of sp³-hybridized carbons (Fsp3) is 0.0870. The highest BCUT2D eigenvalue weighted by molar-refractivity contribution is 5.93. The molecule has 4 rings (SSSR count). The summed E-state index contributed by atoms with van der Waals surface area (Å²) in [6.07, 6.45) is 0. The maximum atomic E-state index is 11.5. The lowest BCUT2D eigenvalue weighted by atomic mass is 10.1. The minimum atomic E-state index is -0.548. The molecule has 7 heteroatoms. The second kappa shape index (κ2) is 8.59. The van der Waals surface area contributed by atoms with Crippen molar-refractivity contribution in [2.24, 2.45) is 0 Å². The van der Waals surface area contributed by atoms with Crippen LogP contribution in [-0.2, 0) is 6.54 Å². The average Bonchev–Trinajstić information content (AvgIpc) is 3.23. The summed E-state index contributed by atoms with van der Waals surface area (Å²) in [5.41, 5.74) is 5.88. The van der Waals surface area contributed by atoms with Crippen molar-refractivity contribution in [2.75, 3.05) is 5.32 Å². The van der Waals surface area contributed by atoms with Crippen molar-refractivity contribution in [1.82, 2.24) is 20.2 Å². The summed E-state index contributed by atoms with van der Waals surface area (Å²) in [7, 11) is 0. The monoisotopic (exact) mass is 399 g/mol. The van der Waals surface area contributed by atoms with Gasteiger partial charge in [-0.15, -0.1) is 5.10 Å². The van der Waals surface area contributed by atoms with E-state index in [1.165, 1.54) is 5.56 Å². The molecule has 0 unspecified atom stereocenters. The second-order valence-electron chi connectivity index (χ2n) is 6.84. The Kier molecular flexibility index (Phi) is 5.54. The standard InChI is InChI=1S/C23H21N5O2/c1-16-7-9-17(10-8-16)22-25-21(28(26-22)20-5-3-2-4-6-20)15-24-19-13-11-18(12-14-19)23(29)27-30/h2-14,24,30H,15H2,1H3,(H,27,29). The lowest BCUT2D eigenvalue weighted by Crippen LogP contribution is -2.18. The van der Waals surface area contributed by atoms with E-state index in [9.17, 15) is 4.79 Å². The van der Waals surface area contributed by atoms with Gasteiger partial charge < -0.3 is 5.32 Å². The van der Waals surface area contributed by atoms with Gasteiger partial charge in [0.1, 0.15) is 0 Å². The Labute approximate surface area is 174 Å². The highest BCUT2D eigenvalue weighted by atomic mass is 16.5. The number of para-hydroxylation sites is 1. The average molecular weight is 399 g/mol. The van der Waals surface area contributed by atoms with Crippen LogP contribution in [0.4, 0.5) is 5.69 Å². The molecular weight excluding hydrogens is 378 g/mol. The minimum Gasteiger partial charge on any atom is -0.378 e. The number of aryl methyl sites for hydroxylation is 1. The van der Waals surface area contributed by atoms with E-state index in [2.05, 4.69) is 5.32 Å². The van der Waals surface area contributed by atoms with Crippen molar-refractivity contribution >= 4 is 11.6 Å². The van der Waals surface area contributed by atoms with Crippen molar-refractivity contribution in [3.8, 4) is 17.1 Å². The molecule has 0 fully saturated rings. The number of hydrogen-bond donors (Lipinski definition) is 3. The van der Waals surface area contributed by atoms with Crippen LogP contribution in [0.5, 0.6) is 0 Å². The van der Waals surface area contributed by atoms with Crippen molar-refractivity contribution < 1.29 is 10.0 Å². The maximum Gasteiger partial charge on any atom is 0.274 e. The topological polar surface area (TPSA) is 92.1 Å². The number of hydroxylamine groups is 1. The molecule has 0 radical (unpaired) electrons.